The van der Waals surface area contributed by atoms with Gasteiger partial charge in [0.1, 0.15) is 11.6 Å². The van der Waals surface area contributed by atoms with Gasteiger partial charge in [-0.2, -0.15) is 0 Å². The molecule has 2 rings (SSSR count). The number of aromatic nitrogens is 2. The van der Waals surface area contributed by atoms with Crippen molar-refractivity contribution in [3.05, 3.63) is 53.1 Å². The molecule has 7 nitrogen and oxygen atoms in total. The summed E-state index contributed by atoms with van der Waals surface area (Å²) in [4.78, 5) is 32.2. The van der Waals surface area contributed by atoms with Crippen LogP contribution < -0.4 is 15.4 Å². The van der Waals surface area contributed by atoms with Gasteiger partial charge in [0.25, 0.3) is 5.91 Å². The highest BCUT2D eigenvalue weighted by atomic mass is 16.5. The number of carbonyl (C=O) groups excluding carboxylic acids is 2. The highest BCUT2D eigenvalue weighted by molar-refractivity contribution is 5.94. The highest BCUT2D eigenvalue weighted by Gasteiger charge is 2.13. The van der Waals surface area contributed by atoms with E-state index < -0.39 is 0 Å². The summed E-state index contributed by atoms with van der Waals surface area (Å²) in [6.07, 6.45) is 2.26. The number of benzene rings is 1. The number of rotatable bonds is 7. The molecule has 0 aliphatic heterocycles. The van der Waals surface area contributed by atoms with Gasteiger partial charge in [-0.1, -0.05) is 12.1 Å². The number of carbonyl (C=O) groups is 2. The molecule has 1 aromatic carbocycles. The molecule has 0 saturated heterocycles. The van der Waals surface area contributed by atoms with Crippen molar-refractivity contribution in [3.8, 4) is 5.75 Å². The highest BCUT2D eigenvalue weighted by Crippen LogP contribution is 2.11. The minimum atomic E-state index is -0.237. The lowest BCUT2D eigenvalue weighted by Crippen LogP contribution is -2.28. The summed E-state index contributed by atoms with van der Waals surface area (Å²) in [5.41, 5.74) is 1.95. The maximum absolute atomic E-state index is 12.0. The summed E-state index contributed by atoms with van der Waals surface area (Å²) < 4.78 is 5.09. The molecular formula is C18H22N4O3. The van der Waals surface area contributed by atoms with Crippen molar-refractivity contribution in [3.63, 3.8) is 0 Å². The number of nitrogens with one attached hydrogen (secondary N) is 2. The van der Waals surface area contributed by atoms with Crippen LogP contribution in [0.5, 0.6) is 5.75 Å². The summed E-state index contributed by atoms with van der Waals surface area (Å²) in [6, 6.07) is 7.36. The predicted octanol–water partition coefficient (Wildman–Crippen LogP) is 1.05. The van der Waals surface area contributed by atoms with Gasteiger partial charge in [-0.15, -0.1) is 0 Å². The number of aryl methyl sites for hydroxylation is 1. The first kappa shape index (κ1) is 18.4. The van der Waals surface area contributed by atoms with Crippen LogP contribution in [0, 0.1) is 6.92 Å². The van der Waals surface area contributed by atoms with Crippen molar-refractivity contribution in [2.24, 2.45) is 0 Å². The lowest BCUT2D eigenvalue weighted by Gasteiger charge is -2.09. The molecule has 0 aliphatic carbocycles. The Morgan fingerprint density at radius 2 is 1.92 bits per heavy atom. The first-order chi connectivity index (χ1) is 12.0. The van der Waals surface area contributed by atoms with Crippen LogP contribution in [-0.2, 0) is 17.6 Å². The first-order valence-corrected chi connectivity index (χ1v) is 7.97. The summed E-state index contributed by atoms with van der Waals surface area (Å²) in [5.74, 6) is 1.02. The second kappa shape index (κ2) is 8.77. The van der Waals surface area contributed by atoms with E-state index in [0.717, 1.165) is 11.3 Å². The number of amides is 2. The molecule has 0 fully saturated rings. The van der Waals surface area contributed by atoms with Crippen molar-refractivity contribution in [2.75, 3.05) is 20.7 Å². The molecule has 2 N–H and O–H groups in total. The molecule has 0 spiro atoms. The third-order valence-corrected chi connectivity index (χ3v) is 3.67. The van der Waals surface area contributed by atoms with Crippen molar-refractivity contribution in [1.82, 2.24) is 20.6 Å². The molecule has 0 radical (unpaired) electrons. The minimum Gasteiger partial charge on any atom is -0.497 e. The fourth-order valence-corrected chi connectivity index (χ4v) is 2.34. The fraction of sp³-hybridized carbons (Fsp3) is 0.333. The zero-order valence-electron chi connectivity index (χ0n) is 14.6. The molecular weight excluding hydrogens is 320 g/mol. The van der Waals surface area contributed by atoms with Crippen molar-refractivity contribution >= 4 is 11.8 Å². The quantitative estimate of drug-likeness (QED) is 0.785. The van der Waals surface area contributed by atoms with Gasteiger partial charge in [0.05, 0.1) is 24.8 Å². The zero-order valence-corrected chi connectivity index (χ0v) is 14.6. The van der Waals surface area contributed by atoms with E-state index >= 15 is 0 Å². The predicted molar refractivity (Wildman–Crippen MR) is 93.6 cm³/mol. The van der Waals surface area contributed by atoms with Gasteiger partial charge in [0.2, 0.25) is 5.91 Å². The number of hydrogen-bond acceptors (Lipinski definition) is 5. The second-order valence-electron chi connectivity index (χ2n) is 5.48. The van der Waals surface area contributed by atoms with Crippen LogP contribution in [0.4, 0.5) is 0 Å². The largest absolute Gasteiger partial charge is 0.497 e. The van der Waals surface area contributed by atoms with Crippen LogP contribution in [-0.4, -0.2) is 42.5 Å². The molecule has 1 heterocycles. The Hall–Kier alpha value is -2.96. The number of hydrogen-bond donors (Lipinski definition) is 2. The minimum absolute atomic E-state index is 0.0857. The van der Waals surface area contributed by atoms with E-state index in [1.54, 1.807) is 21.1 Å². The summed E-state index contributed by atoms with van der Waals surface area (Å²) in [7, 11) is 3.16. The first-order valence-electron chi connectivity index (χ1n) is 7.97. The molecule has 132 valence electrons. The molecule has 0 bridgehead atoms. The lowest BCUT2D eigenvalue weighted by molar-refractivity contribution is -0.120. The van der Waals surface area contributed by atoms with Crippen LogP contribution in [0.25, 0.3) is 0 Å². The Bertz CT molecular complexity index is 744. The van der Waals surface area contributed by atoms with Crippen LogP contribution in [0.15, 0.2) is 30.5 Å². The number of ether oxygens (including phenoxy) is 1. The SMILES string of the molecule is CNC(=O)c1cnc(C)nc1CCNC(=O)Cc1ccc(OC)cc1. The van der Waals surface area contributed by atoms with Crippen molar-refractivity contribution < 1.29 is 14.3 Å². The summed E-state index contributed by atoms with van der Waals surface area (Å²) >= 11 is 0. The topological polar surface area (TPSA) is 93.2 Å². The molecule has 1 aromatic heterocycles. The molecule has 0 atom stereocenters. The fourth-order valence-electron chi connectivity index (χ4n) is 2.34. The van der Waals surface area contributed by atoms with Crippen LogP contribution in [0.1, 0.15) is 27.4 Å². The van der Waals surface area contributed by atoms with Crippen LogP contribution in [0.3, 0.4) is 0 Å². The lowest BCUT2D eigenvalue weighted by atomic mass is 10.1. The molecule has 0 aliphatic rings. The van der Waals surface area contributed by atoms with Gasteiger partial charge in [-0.25, -0.2) is 9.97 Å². The normalized spacial score (nSPS) is 10.2. The molecule has 0 unspecified atom stereocenters. The van der Waals surface area contributed by atoms with Crippen LogP contribution >= 0.6 is 0 Å². The summed E-state index contributed by atoms with van der Waals surface area (Å²) in [6.45, 7) is 2.16. The van der Waals surface area contributed by atoms with Crippen molar-refractivity contribution in [2.45, 2.75) is 19.8 Å². The Labute approximate surface area is 146 Å². The maximum Gasteiger partial charge on any atom is 0.254 e. The third-order valence-electron chi connectivity index (χ3n) is 3.67. The average molecular weight is 342 g/mol. The summed E-state index contributed by atoms with van der Waals surface area (Å²) in [5, 5.41) is 5.42. The monoisotopic (exact) mass is 342 g/mol. The Kier molecular flexibility index (Phi) is 6.45. The molecule has 25 heavy (non-hydrogen) atoms. The standard InChI is InChI=1S/C18H22N4O3/c1-12-21-11-15(18(24)19-2)16(22-12)8-9-20-17(23)10-13-4-6-14(25-3)7-5-13/h4-7,11H,8-10H2,1-3H3,(H,19,24)(H,20,23). The van der Waals surface area contributed by atoms with Gasteiger partial charge in [0.15, 0.2) is 0 Å². The Morgan fingerprint density at radius 3 is 2.56 bits per heavy atom. The number of methoxy groups -OCH3 is 1. The van der Waals surface area contributed by atoms with Gasteiger partial charge < -0.3 is 15.4 Å². The smallest absolute Gasteiger partial charge is 0.254 e. The molecule has 2 aromatic rings. The Balaban J connectivity index is 1.90. The van der Waals surface area contributed by atoms with E-state index in [9.17, 15) is 9.59 Å². The van der Waals surface area contributed by atoms with Gasteiger partial charge >= 0.3 is 0 Å². The molecule has 2 amide bonds. The van der Waals surface area contributed by atoms with Gasteiger partial charge in [-0.05, 0) is 24.6 Å². The molecule has 7 heteroatoms. The van der Waals surface area contributed by atoms with E-state index in [1.165, 1.54) is 6.20 Å². The van der Waals surface area contributed by atoms with E-state index in [0.29, 0.717) is 30.0 Å². The van der Waals surface area contributed by atoms with Crippen LogP contribution in [0.2, 0.25) is 0 Å². The van der Waals surface area contributed by atoms with E-state index in [1.807, 2.05) is 24.3 Å². The maximum atomic E-state index is 12.0. The number of nitrogens with zero attached hydrogens (tertiary/aromatic N) is 2. The second-order valence-corrected chi connectivity index (χ2v) is 5.48. The zero-order chi connectivity index (χ0) is 18.2. The van der Waals surface area contributed by atoms with E-state index in [2.05, 4.69) is 20.6 Å². The molecule has 0 saturated carbocycles. The average Bonchev–Trinajstić information content (AvgIpc) is 2.62. The van der Waals surface area contributed by atoms with E-state index in [4.69, 9.17) is 4.74 Å². The van der Waals surface area contributed by atoms with Gasteiger partial charge in [-0.3, -0.25) is 9.59 Å². The Morgan fingerprint density at radius 1 is 1.20 bits per heavy atom. The van der Waals surface area contributed by atoms with E-state index in [-0.39, 0.29) is 18.2 Å². The van der Waals surface area contributed by atoms with Gasteiger partial charge in [0, 0.05) is 26.2 Å². The van der Waals surface area contributed by atoms with Crippen molar-refractivity contribution in [1.29, 1.82) is 0 Å². The third kappa shape index (κ3) is 5.27.